The van der Waals surface area contributed by atoms with Gasteiger partial charge >= 0.3 is 5.97 Å². The van der Waals surface area contributed by atoms with Gasteiger partial charge in [-0.2, -0.15) is 0 Å². The van der Waals surface area contributed by atoms with Gasteiger partial charge in [-0.15, -0.1) is 0 Å². The first-order chi connectivity index (χ1) is 12.2. The number of rotatable bonds is 14. The average Bonchev–Trinajstić information content (AvgIpc) is 3.01. The number of nitrogens with zero attached hydrogens (tertiary/aromatic N) is 3. The van der Waals surface area contributed by atoms with Crippen molar-refractivity contribution in [3.8, 4) is 0 Å². The molecule has 1 rings (SSSR count). The molecule has 1 aliphatic carbocycles. The van der Waals surface area contributed by atoms with Crippen LogP contribution < -0.4 is 0 Å². The van der Waals surface area contributed by atoms with Crippen molar-refractivity contribution in [1.29, 1.82) is 0 Å². The Kier molecular flexibility index (Phi) is 12.2. The van der Waals surface area contributed by atoms with Crippen LogP contribution in [0.2, 0.25) is 0 Å². The molecule has 5 heteroatoms. The summed E-state index contributed by atoms with van der Waals surface area (Å²) < 4.78 is 4.68. The van der Waals surface area contributed by atoms with Crippen molar-refractivity contribution in [2.24, 2.45) is 22.9 Å². The Bertz CT molecular complexity index is 408. The van der Waals surface area contributed by atoms with Crippen LogP contribution in [0.1, 0.15) is 90.4 Å². The first-order valence-electron chi connectivity index (χ1n) is 10.3. The van der Waals surface area contributed by atoms with Gasteiger partial charge in [0, 0.05) is 17.9 Å². The minimum Gasteiger partial charge on any atom is -0.469 e. The Balaban J connectivity index is 2.32. The Morgan fingerprint density at radius 2 is 1.72 bits per heavy atom. The van der Waals surface area contributed by atoms with Gasteiger partial charge in [0.25, 0.3) is 0 Å². The van der Waals surface area contributed by atoms with E-state index in [1.807, 2.05) is 0 Å². The van der Waals surface area contributed by atoms with Crippen LogP contribution in [0.15, 0.2) is 5.11 Å². The van der Waals surface area contributed by atoms with Crippen LogP contribution in [0, 0.1) is 17.8 Å². The maximum absolute atomic E-state index is 11.1. The topological polar surface area (TPSA) is 75.1 Å². The molecule has 0 aliphatic heterocycles. The van der Waals surface area contributed by atoms with Gasteiger partial charge in [0.1, 0.15) is 0 Å². The van der Waals surface area contributed by atoms with Crippen LogP contribution in [0.5, 0.6) is 0 Å². The van der Waals surface area contributed by atoms with E-state index in [2.05, 4.69) is 21.7 Å². The maximum atomic E-state index is 11.1. The number of unbranched alkanes of at least 4 members (excludes halogenated alkanes) is 6. The van der Waals surface area contributed by atoms with Gasteiger partial charge in [-0.1, -0.05) is 63.4 Å². The van der Waals surface area contributed by atoms with Crippen molar-refractivity contribution >= 4 is 5.97 Å². The zero-order valence-corrected chi connectivity index (χ0v) is 16.3. The number of carbonyl (C=O) groups excluding carboxylic acids is 1. The van der Waals surface area contributed by atoms with Gasteiger partial charge in [0.2, 0.25) is 0 Å². The van der Waals surface area contributed by atoms with E-state index in [0.29, 0.717) is 18.9 Å². The minimum absolute atomic E-state index is 0.0997. The molecule has 1 fully saturated rings. The SMILES string of the molecule is CCCCCCC1CCC(CN=[N+]=[N-])C1CCCCCCC(=O)OC. The lowest BCUT2D eigenvalue weighted by Crippen LogP contribution is -2.17. The molecule has 0 N–H and O–H groups in total. The highest BCUT2D eigenvalue weighted by Gasteiger charge is 2.34. The predicted octanol–water partition coefficient (Wildman–Crippen LogP) is 6.42. The monoisotopic (exact) mass is 351 g/mol. The number of azide groups is 1. The van der Waals surface area contributed by atoms with Crippen LogP contribution in [-0.4, -0.2) is 19.6 Å². The molecule has 144 valence electrons. The standard InChI is InChI=1S/C20H37N3O2/c1-3-4-5-8-11-17-14-15-18(16-22-23-21)19(17)12-9-6-7-10-13-20(24)25-2/h17-19H,3-16H2,1-2H3. The highest BCUT2D eigenvalue weighted by molar-refractivity contribution is 5.68. The van der Waals surface area contributed by atoms with Gasteiger partial charge in [-0.05, 0) is 49.0 Å². The van der Waals surface area contributed by atoms with Gasteiger partial charge in [-0.3, -0.25) is 4.79 Å². The summed E-state index contributed by atoms with van der Waals surface area (Å²) in [6.45, 7) is 2.93. The third-order valence-electron chi connectivity index (χ3n) is 5.82. The number of esters is 1. The largest absolute Gasteiger partial charge is 0.469 e. The number of methoxy groups -OCH3 is 1. The van der Waals surface area contributed by atoms with E-state index < -0.39 is 0 Å². The van der Waals surface area contributed by atoms with Gasteiger partial charge in [-0.25, -0.2) is 0 Å². The normalized spacial score (nSPS) is 22.6. The van der Waals surface area contributed by atoms with E-state index in [-0.39, 0.29) is 5.97 Å². The molecule has 3 unspecified atom stereocenters. The lowest BCUT2D eigenvalue weighted by Gasteiger charge is -2.24. The fraction of sp³-hybridized carbons (Fsp3) is 0.950. The molecule has 0 bridgehead atoms. The van der Waals surface area contributed by atoms with E-state index in [9.17, 15) is 4.79 Å². The summed E-state index contributed by atoms with van der Waals surface area (Å²) in [6, 6.07) is 0. The predicted molar refractivity (Wildman–Crippen MR) is 102 cm³/mol. The molecule has 0 aromatic carbocycles. The highest BCUT2D eigenvalue weighted by atomic mass is 16.5. The second-order valence-electron chi connectivity index (χ2n) is 7.55. The molecule has 0 heterocycles. The summed E-state index contributed by atoms with van der Waals surface area (Å²) in [5.41, 5.74) is 8.64. The van der Waals surface area contributed by atoms with Crippen LogP contribution in [0.3, 0.4) is 0 Å². The van der Waals surface area contributed by atoms with Crippen molar-refractivity contribution in [2.75, 3.05) is 13.7 Å². The Labute approximate surface area is 153 Å². The van der Waals surface area contributed by atoms with Gasteiger partial charge in [0.05, 0.1) is 7.11 Å². The van der Waals surface area contributed by atoms with E-state index in [4.69, 9.17) is 5.53 Å². The van der Waals surface area contributed by atoms with Crippen LogP contribution in [0.4, 0.5) is 0 Å². The summed E-state index contributed by atoms with van der Waals surface area (Å²) in [5, 5.41) is 3.86. The molecule has 5 nitrogen and oxygen atoms in total. The molecule has 0 saturated heterocycles. The van der Waals surface area contributed by atoms with Crippen molar-refractivity contribution in [3.05, 3.63) is 10.4 Å². The minimum atomic E-state index is -0.0997. The van der Waals surface area contributed by atoms with Crippen molar-refractivity contribution in [2.45, 2.75) is 90.4 Å². The summed E-state index contributed by atoms with van der Waals surface area (Å²) in [4.78, 5) is 14.1. The Morgan fingerprint density at radius 1 is 1.04 bits per heavy atom. The molecule has 1 saturated carbocycles. The molecule has 0 aromatic rings. The smallest absolute Gasteiger partial charge is 0.305 e. The fourth-order valence-corrected chi connectivity index (χ4v) is 4.38. The number of carbonyl (C=O) groups is 1. The van der Waals surface area contributed by atoms with Crippen molar-refractivity contribution < 1.29 is 9.53 Å². The number of hydrogen-bond donors (Lipinski definition) is 0. The summed E-state index contributed by atoms with van der Waals surface area (Å²) in [5.74, 6) is 2.04. The molecule has 0 amide bonds. The second kappa shape index (κ2) is 14.0. The summed E-state index contributed by atoms with van der Waals surface area (Å²) in [7, 11) is 1.45. The molecular formula is C20H37N3O2. The second-order valence-corrected chi connectivity index (χ2v) is 7.55. The lowest BCUT2D eigenvalue weighted by atomic mass is 9.82. The molecule has 0 radical (unpaired) electrons. The average molecular weight is 352 g/mol. The highest BCUT2D eigenvalue weighted by Crippen LogP contribution is 2.43. The number of ether oxygens (including phenoxy) is 1. The Morgan fingerprint density at radius 3 is 2.44 bits per heavy atom. The molecule has 25 heavy (non-hydrogen) atoms. The quantitative estimate of drug-likeness (QED) is 0.119. The third-order valence-corrected chi connectivity index (χ3v) is 5.82. The van der Waals surface area contributed by atoms with Crippen LogP contribution >= 0.6 is 0 Å². The van der Waals surface area contributed by atoms with E-state index in [1.54, 1.807) is 0 Å². The van der Waals surface area contributed by atoms with Gasteiger partial charge in [0.15, 0.2) is 0 Å². The Hall–Kier alpha value is -1.22. The molecular weight excluding hydrogens is 314 g/mol. The van der Waals surface area contributed by atoms with E-state index in [1.165, 1.54) is 71.3 Å². The maximum Gasteiger partial charge on any atom is 0.305 e. The lowest BCUT2D eigenvalue weighted by molar-refractivity contribution is -0.140. The van der Waals surface area contributed by atoms with E-state index >= 15 is 0 Å². The third kappa shape index (κ3) is 9.15. The van der Waals surface area contributed by atoms with Crippen molar-refractivity contribution in [3.63, 3.8) is 0 Å². The zero-order valence-electron chi connectivity index (χ0n) is 16.3. The summed E-state index contributed by atoms with van der Waals surface area (Å²) in [6.07, 6.45) is 15.5. The van der Waals surface area contributed by atoms with Gasteiger partial charge < -0.3 is 4.74 Å². The molecule has 1 aliphatic rings. The van der Waals surface area contributed by atoms with E-state index in [0.717, 1.165) is 24.7 Å². The molecule has 0 spiro atoms. The molecule has 3 atom stereocenters. The van der Waals surface area contributed by atoms with Crippen LogP contribution in [0.25, 0.3) is 10.4 Å². The first-order valence-corrected chi connectivity index (χ1v) is 10.3. The summed E-state index contributed by atoms with van der Waals surface area (Å²) >= 11 is 0. The van der Waals surface area contributed by atoms with Crippen LogP contribution in [-0.2, 0) is 9.53 Å². The van der Waals surface area contributed by atoms with Crippen molar-refractivity contribution in [1.82, 2.24) is 0 Å². The molecule has 0 aromatic heterocycles. The first kappa shape index (κ1) is 21.8. The fourth-order valence-electron chi connectivity index (χ4n) is 4.38. The zero-order chi connectivity index (χ0) is 18.3. The number of hydrogen-bond acceptors (Lipinski definition) is 3.